The Morgan fingerprint density at radius 1 is 1.16 bits per heavy atom. The maximum Gasteiger partial charge on any atom is 0.262 e. The topological polar surface area (TPSA) is 126 Å². The van der Waals surface area contributed by atoms with E-state index in [4.69, 9.17) is 0 Å². The van der Waals surface area contributed by atoms with Gasteiger partial charge in [-0.15, -0.1) is 11.3 Å². The van der Waals surface area contributed by atoms with Crippen molar-refractivity contribution < 1.29 is 22.8 Å². The van der Waals surface area contributed by atoms with E-state index < -0.39 is 33.8 Å². The first-order valence-electron chi connectivity index (χ1n) is 12.6. The highest BCUT2D eigenvalue weighted by atomic mass is 32.2. The van der Waals surface area contributed by atoms with Gasteiger partial charge in [0.1, 0.15) is 6.04 Å². The normalized spacial score (nSPS) is 19.7. The number of fused-ring (bicyclic) bond motifs is 1. The van der Waals surface area contributed by atoms with Crippen LogP contribution in [0.4, 0.5) is 0 Å². The van der Waals surface area contributed by atoms with Gasteiger partial charge in [0.25, 0.3) is 15.9 Å². The van der Waals surface area contributed by atoms with Gasteiger partial charge in [-0.2, -0.15) is 4.31 Å². The molecule has 4 rings (SSSR count). The first kappa shape index (κ1) is 27.9. The van der Waals surface area contributed by atoms with Gasteiger partial charge in [0.2, 0.25) is 5.91 Å². The Morgan fingerprint density at radius 3 is 2.58 bits per heavy atom. The Kier molecular flexibility index (Phi) is 8.59. The van der Waals surface area contributed by atoms with Crippen LogP contribution in [0.3, 0.4) is 0 Å². The molecule has 0 radical (unpaired) electrons. The van der Waals surface area contributed by atoms with Crippen molar-refractivity contribution in [1.29, 1.82) is 0 Å². The molecule has 1 aliphatic heterocycles. The van der Waals surface area contributed by atoms with E-state index in [0.717, 1.165) is 14.4 Å². The third-order valence-electron chi connectivity index (χ3n) is 6.41. The minimum atomic E-state index is -3.96. The number of carbonyl (C=O) groups excluding carboxylic acids is 3. The van der Waals surface area contributed by atoms with Crippen molar-refractivity contribution in [2.75, 3.05) is 13.1 Å². The predicted octanol–water partition coefficient (Wildman–Crippen LogP) is 3.23. The van der Waals surface area contributed by atoms with Crippen LogP contribution < -0.4 is 10.6 Å². The highest BCUT2D eigenvalue weighted by Crippen LogP contribution is 2.26. The number of hydrogen-bond donors (Lipinski definition) is 2. The number of ketones is 1. The second-order valence-electron chi connectivity index (χ2n) is 10.1. The van der Waals surface area contributed by atoms with Gasteiger partial charge in [-0.05, 0) is 54.3 Å². The summed E-state index contributed by atoms with van der Waals surface area (Å²) in [5, 5.41) is 6.48. The van der Waals surface area contributed by atoms with E-state index in [1.807, 2.05) is 45.0 Å². The Balaban J connectivity index is 1.47. The minimum Gasteiger partial charge on any atom is -0.344 e. The van der Waals surface area contributed by atoms with Crippen LogP contribution in [0.1, 0.15) is 43.3 Å². The van der Waals surface area contributed by atoms with E-state index >= 15 is 0 Å². The van der Waals surface area contributed by atoms with Gasteiger partial charge in [-0.25, -0.2) is 13.4 Å². The molecule has 38 heavy (non-hydrogen) atoms. The fourth-order valence-corrected chi connectivity index (χ4v) is 6.98. The molecule has 3 atom stereocenters. The van der Waals surface area contributed by atoms with E-state index in [0.29, 0.717) is 11.3 Å². The van der Waals surface area contributed by atoms with Crippen LogP contribution in [0.25, 0.3) is 10.1 Å². The van der Waals surface area contributed by atoms with Crippen LogP contribution in [-0.2, 0) is 19.6 Å². The third kappa shape index (κ3) is 6.46. The van der Waals surface area contributed by atoms with E-state index in [1.165, 1.54) is 23.6 Å². The molecule has 3 aromatic rings. The Bertz CT molecular complexity index is 1390. The van der Waals surface area contributed by atoms with Crippen LogP contribution in [0.2, 0.25) is 0 Å². The number of nitrogens with zero attached hydrogens (tertiary/aromatic N) is 2. The zero-order valence-corrected chi connectivity index (χ0v) is 23.2. The second kappa shape index (κ2) is 11.7. The van der Waals surface area contributed by atoms with Crippen molar-refractivity contribution in [3.05, 3.63) is 59.6 Å². The van der Waals surface area contributed by atoms with Crippen molar-refractivity contribution in [2.45, 2.75) is 50.7 Å². The van der Waals surface area contributed by atoms with Crippen LogP contribution in [0.15, 0.2) is 59.8 Å². The molecule has 0 unspecified atom stereocenters. The second-order valence-corrected chi connectivity index (χ2v) is 13.1. The summed E-state index contributed by atoms with van der Waals surface area (Å²) in [6, 6.07) is 12.4. The van der Waals surface area contributed by atoms with Gasteiger partial charge in [-0.3, -0.25) is 14.4 Å². The fraction of sp³-hybridized carbons (Fsp3) is 0.407. The summed E-state index contributed by atoms with van der Waals surface area (Å²) < 4.78 is 28.3. The molecule has 3 heterocycles. The van der Waals surface area contributed by atoms with E-state index in [2.05, 4.69) is 15.6 Å². The monoisotopic (exact) mass is 556 g/mol. The lowest BCUT2D eigenvalue weighted by Gasteiger charge is -2.23. The molecule has 202 valence electrons. The van der Waals surface area contributed by atoms with E-state index in [9.17, 15) is 22.8 Å². The highest BCUT2D eigenvalue weighted by Gasteiger charge is 2.37. The van der Waals surface area contributed by atoms with Gasteiger partial charge in [0.15, 0.2) is 10.8 Å². The van der Waals surface area contributed by atoms with E-state index in [-0.39, 0.29) is 42.3 Å². The molecule has 1 aliphatic rings. The molecule has 2 aromatic heterocycles. The van der Waals surface area contributed by atoms with Gasteiger partial charge >= 0.3 is 0 Å². The molecule has 1 aromatic carbocycles. The molecular weight excluding hydrogens is 524 g/mol. The average molecular weight is 557 g/mol. The van der Waals surface area contributed by atoms with E-state index in [1.54, 1.807) is 18.2 Å². The summed E-state index contributed by atoms with van der Waals surface area (Å²) >= 11 is 1.35. The number of nitrogens with one attached hydrogen (secondary N) is 2. The first-order valence-corrected chi connectivity index (χ1v) is 14.8. The Labute approximate surface area is 226 Å². The number of carbonyl (C=O) groups is 3. The molecule has 2 amide bonds. The molecule has 0 bridgehead atoms. The lowest BCUT2D eigenvalue weighted by molar-refractivity contribution is -0.129. The third-order valence-corrected chi connectivity index (χ3v) is 9.25. The lowest BCUT2D eigenvalue weighted by atomic mass is 9.98. The van der Waals surface area contributed by atoms with Gasteiger partial charge in [-0.1, -0.05) is 45.0 Å². The molecule has 1 fully saturated rings. The van der Waals surface area contributed by atoms with Crippen LogP contribution in [-0.4, -0.2) is 60.5 Å². The number of sulfonamides is 1. The van der Waals surface area contributed by atoms with Gasteiger partial charge < -0.3 is 10.6 Å². The molecule has 9 nitrogen and oxygen atoms in total. The van der Waals surface area contributed by atoms with Gasteiger partial charge in [0, 0.05) is 17.4 Å². The summed E-state index contributed by atoms with van der Waals surface area (Å²) in [6.45, 7) is 5.51. The number of rotatable bonds is 8. The maximum atomic E-state index is 13.3. The summed E-state index contributed by atoms with van der Waals surface area (Å²) in [4.78, 5) is 44.0. The standard InChI is InChI=1S/C27H32N4O5S2/c1-17(2)12-21(30-27(34)24-14-19-8-4-5-9-23(19)37-24)26(33)29-20-13-18(3)15-31(16-22(20)32)38(35,36)25-10-6-7-11-28-25/h4-11,14,17-18,20-21H,12-13,15-16H2,1-3H3,(H,29,33)(H,30,34)/t18-,20-,21+/m1/s1. The van der Waals surface area contributed by atoms with Crippen LogP contribution in [0, 0.1) is 11.8 Å². The number of thiophene rings is 1. The fourth-order valence-electron chi connectivity index (χ4n) is 4.56. The van der Waals surface area contributed by atoms with Crippen LogP contribution in [0.5, 0.6) is 0 Å². The van der Waals surface area contributed by atoms with Crippen molar-refractivity contribution in [2.24, 2.45) is 11.8 Å². The number of pyridine rings is 1. The number of aromatic nitrogens is 1. The maximum absolute atomic E-state index is 13.3. The molecule has 0 aliphatic carbocycles. The van der Waals surface area contributed by atoms with Gasteiger partial charge in [0.05, 0.1) is 17.5 Å². The zero-order valence-electron chi connectivity index (χ0n) is 21.6. The SMILES string of the molecule is CC(C)C[C@H](NC(=O)c1cc2ccccc2s1)C(=O)N[C@@H]1C[C@@H](C)CN(S(=O)(=O)c2ccccn2)CC1=O. The number of benzene rings is 1. The van der Waals surface area contributed by atoms with Crippen molar-refractivity contribution in [1.82, 2.24) is 19.9 Å². The Hall–Kier alpha value is -3.15. The summed E-state index contributed by atoms with van der Waals surface area (Å²) in [5.41, 5.74) is 0. The minimum absolute atomic E-state index is 0.108. The summed E-state index contributed by atoms with van der Waals surface area (Å²) in [5.74, 6) is -1.29. The number of amides is 2. The molecule has 0 saturated carbocycles. The summed E-state index contributed by atoms with van der Waals surface area (Å²) in [6.07, 6.45) is 2.07. The first-order chi connectivity index (χ1) is 18.0. The molecule has 0 spiro atoms. The highest BCUT2D eigenvalue weighted by molar-refractivity contribution is 7.89. The van der Waals surface area contributed by atoms with Crippen LogP contribution >= 0.6 is 11.3 Å². The molecular formula is C27H32N4O5S2. The smallest absolute Gasteiger partial charge is 0.262 e. The lowest BCUT2D eigenvalue weighted by Crippen LogP contribution is -2.52. The van der Waals surface area contributed by atoms with Crippen molar-refractivity contribution in [3.8, 4) is 0 Å². The summed E-state index contributed by atoms with van der Waals surface area (Å²) in [7, 11) is -3.96. The average Bonchev–Trinajstić information content (AvgIpc) is 3.26. The van der Waals surface area contributed by atoms with Crippen molar-refractivity contribution >= 4 is 49.0 Å². The molecule has 11 heteroatoms. The predicted molar refractivity (Wildman–Crippen MR) is 146 cm³/mol. The van der Waals surface area contributed by atoms with Crippen molar-refractivity contribution in [3.63, 3.8) is 0 Å². The largest absolute Gasteiger partial charge is 0.344 e. The molecule has 1 saturated heterocycles. The Morgan fingerprint density at radius 2 is 1.89 bits per heavy atom. The number of Topliss-reactive ketones (excluding diaryl/α,β-unsaturated/α-hetero) is 1. The quantitative estimate of drug-likeness (QED) is 0.439. The molecule has 2 N–H and O–H groups in total. The zero-order chi connectivity index (χ0) is 27.4. The number of hydrogen-bond acceptors (Lipinski definition) is 7.